The van der Waals surface area contributed by atoms with Gasteiger partial charge in [0.1, 0.15) is 5.76 Å². The van der Waals surface area contributed by atoms with Crippen molar-refractivity contribution in [3.8, 4) is 0 Å². The van der Waals surface area contributed by atoms with Crippen LogP contribution in [0.15, 0.2) is 46.5 Å². The van der Waals surface area contributed by atoms with Crippen molar-refractivity contribution >= 4 is 29.9 Å². The highest BCUT2D eigenvalue weighted by atomic mass is 127. The zero-order valence-electron chi connectivity index (χ0n) is 17.1. The molecule has 2 aromatic rings. The molecule has 0 spiro atoms. The molecule has 2 aliphatic rings. The quantitative estimate of drug-likeness (QED) is 0.365. The monoisotopic (exact) mass is 513 g/mol. The van der Waals surface area contributed by atoms with Gasteiger partial charge < -0.3 is 23.9 Å². The largest absolute Gasteiger partial charge is 0.469 e. The van der Waals surface area contributed by atoms with E-state index in [0.717, 1.165) is 70.4 Å². The number of aromatic nitrogens is 2. The van der Waals surface area contributed by atoms with E-state index in [1.54, 1.807) is 6.26 Å². The van der Waals surface area contributed by atoms with Crippen LogP contribution in [0.2, 0.25) is 0 Å². The molecule has 4 rings (SSSR count). The van der Waals surface area contributed by atoms with Crippen molar-refractivity contribution in [2.45, 2.75) is 32.2 Å². The van der Waals surface area contributed by atoms with Crippen molar-refractivity contribution in [3.63, 3.8) is 0 Å². The lowest BCUT2D eigenvalue weighted by Crippen LogP contribution is -2.49. The van der Waals surface area contributed by atoms with Gasteiger partial charge in [-0.15, -0.1) is 24.0 Å². The van der Waals surface area contributed by atoms with E-state index in [-0.39, 0.29) is 24.0 Å². The highest BCUT2D eigenvalue weighted by Crippen LogP contribution is 2.27. The zero-order chi connectivity index (χ0) is 19.2. The number of rotatable bonds is 6. The maximum absolute atomic E-state index is 5.52. The topological polar surface area (TPSA) is 67.8 Å². The number of piperidine rings is 1. The molecule has 160 valence electrons. The third-order valence-electron chi connectivity index (χ3n) is 5.88. The van der Waals surface area contributed by atoms with Gasteiger partial charge in [-0.05, 0) is 30.9 Å². The highest BCUT2D eigenvalue weighted by molar-refractivity contribution is 14.0. The fourth-order valence-corrected chi connectivity index (χ4v) is 4.06. The smallest absolute Gasteiger partial charge is 0.194 e. The first-order valence-corrected chi connectivity index (χ1v) is 10.4. The third-order valence-corrected chi connectivity index (χ3v) is 5.88. The molecule has 1 N–H and O–H groups in total. The lowest BCUT2D eigenvalue weighted by Gasteiger charge is -2.39. The Morgan fingerprint density at radius 1 is 1.38 bits per heavy atom. The molecule has 2 fully saturated rings. The van der Waals surface area contributed by atoms with Crippen LogP contribution in [0.5, 0.6) is 0 Å². The van der Waals surface area contributed by atoms with Crippen LogP contribution in [-0.4, -0.2) is 59.8 Å². The van der Waals surface area contributed by atoms with Crippen molar-refractivity contribution in [3.05, 3.63) is 42.9 Å². The number of hydrogen-bond acceptors (Lipinski definition) is 4. The lowest BCUT2D eigenvalue weighted by molar-refractivity contribution is 0.184. The predicted octanol–water partition coefficient (Wildman–Crippen LogP) is 3.20. The second kappa shape index (κ2) is 11.0. The summed E-state index contributed by atoms with van der Waals surface area (Å²) in [6, 6.07) is 4.38. The minimum absolute atomic E-state index is 0. The molecule has 2 aliphatic heterocycles. The lowest BCUT2D eigenvalue weighted by atomic mass is 9.93. The van der Waals surface area contributed by atoms with E-state index in [4.69, 9.17) is 14.1 Å². The van der Waals surface area contributed by atoms with E-state index in [2.05, 4.69) is 32.9 Å². The van der Waals surface area contributed by atoms with Crippen LogP contribution in [0.1, 0.15) is 31.6 Å². The number of imidazole rings is 1. The van der Waals surface area contributed by atoms with E-state index >= 15 is 0 Å². The Morgan fingerprint density at radius 2 is 2.31 bits per heavy atom. The standard InChI is InChI=1S/C21H31N5O2.HI/c1-17-5-9-25(14-20(17)26-10-8-22-16-26)21(24-13-18-6-12-27-15-18)23-7-4-19-3-2-11-28-19;/h2-3,8,10-11,16-18,20H,4-7,9,12-15H2,1H3,(H,23,24);1H. The fourth-order valence-electron chi connectivity index (χ4n) is 4.06. The second-order valence-corrected chi connectivity index (χ2v) is 7.94. The Labute approximate surface area is 189 Å². The summed E-state index contributed by atoms with van der Waals surface area (Å²) in [5, 5.41) is 3.58. The third kappa shape index (κ3) is 5.97. The summed E-state index contributed by atoms with van der Waals surface area (Å²) in [6.45, 7) is 7.65. The van der Waals surface area contributed by atoms with Crippen LogP contribution in [0.25, 0.3) is 0 Å². The molecule has 0 radical (unpaired) electrons. The van der Waals surface area contributed by atoms with Crippen LogP contribution < -0.4 is 5.32 Å². The summed E-state index contributed by atoms with van der Waals surface area (Å²) in [4.78, 5) is 11.6. The summed E-state index contributed by atoms with van der Waals surface area (Å²) >= 11 is 0. The van der Waals surface area contributed by atoms with Gasteiger partial charge in [-0.2, -0.15) is 0 Å². The van der Waals surface area contributed by atoms with Gasteiger partial charge >= 0.3 is 0 Å². The molecular formula is C21H32IN5O2. The van der Waals surface area contributed by atoms with Gasteiger partial charge in [0.15, 0.2) is 5.96 Å². The summed E-state index contributed by atoms with van der Waals surface area (Å²) in [5.74, 6) is 3.17. The number of aliphatic imine (C=N–C) groups is 1. The number of ether oxygens (including phenoxy) is 1. The van der Waals surface area contributed by atoms with Gasteiger partial charge in [0, 0.05) is 57.5 Å². The number of likely N-dealkylation sites (tertiary alicyclic amines) is 1. The molecule has 0 bridgehead atoms. The molecule has 8 heteroatoms. The molecule has 3 unspecified atom stereocenters. The maximum atomic E-state index is 5.52. The number of nitrogens with zero attached hydrogens (tertiary/aromatic N) is 4. The van der Waals surface area contributed by atoms with Gasteiger partial charge in [0.2, 0.25) is 0 Å². The number of nitrogens with one attached hydrogen (secondary N) is 1. The first kappa shape index (κ1) is 22.1. The Balaban J connectivity index is 0.00000240. The first-order valence-electron chi connectivity index (χ1n) is 10.4. The van der Waals surface area contributed by atoms with Crippen LogP contribution in [0, 0.1) is 11.8 Å². The summed E-state index contributed by atoms with van der Waals surface area (Å²) < 4.78 is 13.2. The number of guanidine groups is 1. The minimum Gasteiger partial charge on any atom is -0.469 e. The molecule has 0 aliphatic carbocycles. The SMILES string of the molecule is CC1CCN(C(=NCC2CCOC2)NCCc2ccco2)CC1n1ccnc1.I. The maximum Gasteiger partial charge on any atom is 0.194 e. The molecule has 0 saturated carbocycles. The normalized spacial score (nSPS) is 25.1. The van der Waals surface area contributed by atoms with Crippen LogP contribution in [0.4, 0.5) is 0 Å². The molecule has 3 atom stereocenters. The zero-order valence-corrected chi connectivity index (χ0v) is 19.4. The molecule has 0 amide bonds. The Kier molecular flexibility index (Phi) is 8.40. The molecule has 7 nitrogen and oxygen atoms in total. The van der Waals surface area contributed by atoms with Gasteiger partial charge in [0.05, 0.1) is 25.2 Å². The average molecular weight is 513 g/mol. The van der Waals surface area contributed by atoms with E-state index in [1.807, 2.05) is 24.7 Å². The van der Waals surface area contributed by atoms with E-state index < -0.39 is 0 Å². The Morgan fingerprint density at radius 3 is 3.03 bits per heavy atom. The van der Waals surface area contributed by atoms with Gasteiger partial charge in [-0.1, -0.05) is 6.92 Å². The first-order chi connectivity index (χ1) is 13.8. The molecule has 29 heavy (non-hydrogen) atoms. The molecule has 4 heterocycles. The van der Waals surface area contributed by atoms with Crippen molar-refractivity contribution < 1.29 is 9.15 Å². The van der Waals surface area contributed by atoms with E-state index in [9.17, 15) is 0 Å². The Bertz CT molecular complexity index is 728. The molecule has 2 aromatic heterocycles. The van der Waals surface area contributed by atoms with Crippen LogP contribution in [0.3, 0.4) is 0 Å². The number of furan rings is 1. The molecule has 0 aromatic carbocycles. The number of hydrogen-bond donors (Lipinski definition) is 1. The van der Waals surface area contributed by atoms with Gasteiger partial charge in [-0.3, -0.25) is 4.99 Å². The van der Waals surface area contributed by atoms with Crippen molar-refractivity contribution in [2.24, 2.45) is 16.8 Å². The predicted molar refractivity (Wildman–Crippen MR) is 124 cm³/mol. The van der Waals surface area contributed by atoms with Crippen LogP contribution >= 0.6 is 24.0 Å². The van der Waals surface area contributed by atoms with E-state index in [0.29, 0.717) is 17.9 Å². The van der Waals surface area contributed by atoms with Gasteiger partial charge in [0.25, 0.3) is 0 Å². The second-order valence-electron chi connectivity index (χ2n) is 7.94. The van der Waals surface area contributed by atoms with Gasteiger partial charge in [-0.25, -0.2) is 4.98 Å². The summed E-state index contributed by atoms with van der Waals surface area (Å²) in [6.07, 6.45) is 10.7. The number of halogens is 1. The Hall–Kier alpha value is -1.55. The highest BCUT2D eigenvalue weighted by Gasteiger charge is 2.29. The average Bonchev–Trinajstić information content (AvgIpc) is 3.49. The summed E-state index contributed by atoms with van der Waals surface area (Å²) in [7, 11) is 0. The van der Waals surface area contributed by atoms with E-state index in [1.165, 1.54) is 0 Å². The fraction of sp³-hybridized carbons (Fsp3) is 0.619. The summed E-state index contributed by atoms with van der Waals surface area (Å²) in [5.41, 5.74) is 0. The minimum atomic E-state index is 0. The molecule has 2 saturated heterocycles. The van der Waals surface area contributed by atoms with Crippen molar-refractivity contribution in [2.75, 3.05) is 39.4 Å². The van der Waals surface area contributed by atoms with Crippen LogP contribution in [-0.2, 0) is 11.2 Å². The van der Waals surface area contributed by atoms with Crippen molar-refractivity contribution in [1.82, 2.24) is 19.8 Å². The molecular weight excluding hydrogens is 481 g/mol. The van der Waals surface area contributed by atoms with Crippen molar-refractivity contribution in [1.29, 1.82) is 0 Å².